The Bertz CT molecular complexity index is 362. The van der Waals surface area contributed by atoms with Crippen LogP contribution < -0.4 is 4.98 Å². The van der Waals surface area contributed by atoms with Crippen LogP contribution in [0, 0.1) is 0 Å². The van der Waals surface area contributed by atoms with Gasteiger partial charge in [-0.2, -0.15) is 0 Å². The lowest BCUT2D eigenvalue weighted by atomic mass is 10.1. The summed E-state index contributed by atoms with van der Waals surface area (Å²) in [5, 5.41) is 0.990. The molecule has 1 unspecified atom stereocenters. The van der Waals surface area contributed by atoms with Crippen LogP contribution in [-0.4, -0.2) is 13.8 Å². The van der Waals surface area contributed by atoms with Crippen molar-refractivity contribution in [3.05, 3.63) is 21.8 Å². The van der Waals surface area contributed by atoms with Crippen molar-refractivity contribution in [2.45, 2.75) is 65.7 Å². The molecule has 3 heteroatoms. The topological polar surface area (TPSA) is 12.0 Å². The van der Waals surface area contributed by atoms with Gasteiger partial charge in [0.25, 0.3) is 0 Å². The van der Waals surface area contributed by atoms with Crippen molar-refractivity contribution in [2.24, 2.45) is 0 Å². The van der Waals surface area contributed by atoms with E-state index in [1.165, 1.54) is 16.7 Å². The van der Waals surface area contributed by atoms with E-state index in [0.29, 0.717) is 5.54 Å². The van der Waals surface area contributed by atoms with Crippen LogP contribution in [0.1, 0.15) is 41.5 Å². The van der Waals surface area contributed by atoms with Crippen molar-refractivity contribution in [3.63, 3.8) is 0 Å². The zero-order valence-corrected chi connectivity index (χ0v) is 14.2. The van der Waals surface area contributed by atoms with Gasteiger partial charge < -0.3 is 4.98 Å². The fraction of sp³-hybridized carbons (Fsp3) is 0.714. The molecule has 0 aliphatic heterocycles. The van der Waals surface area contributed by atoms with Gasteiger partial charge in [-0.05, 0) is 52.7 Å². The minimum absolute atomic E-state index is 0.166. The SMILES string of the molecule is CC1=C(C)C([Si](C)(C)NC(C)(C)C)C(C)=C1Cl. The summed E-state index contributed by atoms with van der Waals surface area (Å²) >= 11 is 6.40. The molecular formula is C14H26ClNSi. The Labute approximate surface area is 112 Å². The van der Waals surface area contributed by atoms with E-state index in [-0.39, 0.29) is 5.54 Å². The number of halogens is 1. The normalized spacial score (nSPS) is 22.8. The smallest absolute Gasteiger partial charge is 0.131 e. The largest absolute Gasteiger partial charge is 0.332 e. The maximum absolute atomic E-state index is 6.40. The standard InChI is InChI=1S/C14H26ClNSi/c1-9-10(2)13(11(3)12(9)15)17(7,8)16-14(4,5)6/h13,16H,1-8H3. The fourth-order valence-corrected chi connectivity index (χ4v) is 8.21. The zero-order chi connectivity index (χ0) is 13.6. The molecule has 98 valence electrons. The van der Waals surface area contributed by atoms with Crippen molar-refractivity contribution in [2.75, 3.05) is 0 Å². The highest BCUT2D eigenvalue weighted by molar-refractivity contribution is 6.78. The van der Waals surface area contributed by atoms with Gasteiger partial charge in [0.15, 0.2) is 0 Å². The van der Waals surface area contributed by atoms with E-state index in [0.717, 1.165) is 5.03 Å². The van der Waals surface area contributed by atoms with Gasteiger partial charge in [-0.3, -0.25) is 0 Å². The third kappa shape index (κ3) is 3.04. The molecule has 17 heavy (non-hydrogen) atoms. The van der Waals surface area contributed by atoms with Gasteiger partial charge in [0.05, 0.1) is 0 Å². The summed E-state index contributed by atoms with van der Waals surface area (Å²) in [6.45, 7) is 18.1. The second-order valence-electron chi connectivity index (χ2n) is 6.83. The first-order valence-corrected chi connectivity index (χ1v) is 9.76. The number of nitrogens with one attached hydrogen (secondary N) is 1. The monoisotopic (exact) mass is 271 g/mol. The molecule has 1 rings (SSSR count). The van der Waals surface area contributed by atoms with E-state index >= 15 is 0 Å². The minimum Gasteiger partial charge on any atom is -0.332 e. The van der Waals surface area contributed by atoms with Crippen LogP contribution in [-0.2, 0) is 0 Å². The Morgan fingerprint density at radius 1 is 1.06 bits per heavy atom. The maximum Gasteiger partial charge on any atom is 0.131 e. The van der Waals surface area contributed by atoms with Crippen LogP contribution in [0.3, 0.4) is 0 Å². The van der Waals surface area contributed by atoms with E-state index in [4.69, 9.17) is 11.6 Å². The van der Waals surface area contributed by atoms with Gasteiger partial charge in [-0.15, -0.1) is 0 Å². The van der Waals surface area contributed by atoms with E-state index in [1.807, 2.05) is 0 Å². The van der Waals surface area contributed by atoms with Crippen LogP contribution in [0.15, 0.2) is 21.8 Å². The molecule has 0 fully saturated rings. The van der Waals surface area contributed by atoms with Crippen LogP contribution in [0.4, 0.5) is 0 Å². The lowest BCUT2D eigenvalue weighted by Gasteiger charge is -2.39. The summed E-state index contributed by atoms with van der Waals surface area (Å²) in [4.78, 5) is 3.85. The Hall–Kier alpha value is -0.0531. The Kier molecular flexibility index (Phi) is 4.03. The van der Waals surface area contributed by atoms with Crippen LogP contribution in [0.25, 0.3) is 0 Å². The Morgan fingerprint density at radius 3 is 1.82 bits per heavy atom. The predicted molar refractivity (Wildman–Crippen MR) is 81.0 cm³/mol. The van der Waals surface area contributed by atoms with Crippen molar-refractivity contribution in [1.29, 1.82) is 0 Å². The van der Waals surface area contributed by atoms with Gasteiger partial charge in [0, 0.05) is 16.1 Å². The molecule has 1 N–H and O–H groups in total. The zero-order valence-electron chi connectivity index (χ0n) is 12.5. The van der Waals surface area contributed by atoms with E-state index in [1.54, 1.807) is 0 Å². The van der Waals surface area contributed by atoms with E-state index < -0.39 is 8.24 Å². The molecule has 0 heterocycles. The quantitative estimate of drug-likeness (QED) is 0.711. The molecule has 0 saturated carbocycles. The van der Waals surface area contributed by atoms with Gasteiger partial charge >= 0.3 is 0 Å². The Morgan fingerprint density at radius 2 is 1.53 bits per heavy atom. The molecule has 0 bridgehead atoms. The molecule has 0 aromatic rings. The molecule has 1 aliphatic rings. The van der Waals surface area contributed by atoms with Crippen molar-refractivity contribution in [3.8, 4) is 0 Å². The molecule has 0 aromatic carbocycles. The number of hydrogen-bond donors (Lipinski definition) is 1. The molecule has 1 atom stereocenters. The van der Waals surface area contributed by atoms with Crippen LogP contribution in [0.5, 0.6) is 0 Å². The first kappa shape index (κ1) is 15.0. The third-order valence-corrected chi connectivity index (χ3v) is 7.84. The van der Waals surface area contributed by atoms with Crippen molar-refractivity contribution in [1.82, 2.24) is 4.98 Å². The highest BCUT2D eigenvalue weighted by Crippen LogP contribution is 2.47. The molecule has 1 nitrogen and oxygen atoms in total. The van der Waals surface area contributed by atoms with Crippen LogP contribution >= 0.6 is 11.6 Å². The molecule has 0 amide bonds. The Balaban J connectivity index is 3.10. The average molecular weight is 272 g/mol. The van der Waals surface area contributed by atoms with E-state index in [9.17, 15) is 0 Å². The molecular weight excluding hydrogens is 246 g/mol. The van der Waals surface area contributed by atoms with Gasteiger partial charge in [-0.1, -0.05) is 30.3 Å². The van der Waals surface area contributed by atoms with Gasteiger partial charge in [0.2, 0.25) is 0 Å². The maximum atomic E-state index is 6.40. The van der Waals surface area contributed by atoms with Crippen LogP contribution in [0.2, 0.25) is 18.6 Å². The number of hydrogen-bond acceptors (Lipinski definition) is 1. The molecule has 0 saturated heterocycles. The fourth-order valence-electron chi connectivity index (χ4n) is 3.26. The summed E-state index contributed by atoms with van der Waals surface area (Å²) in [6.07, 6.45) is 0. The molecule has 0 aromatic heterocycles. The lowest BCUT2D eigenvalue weighted by molar-refractivity contribution is 0.509. The van der Waals surface area contributed by atoms with Crippen molar-refractivity contribution >= 4 is 19.8 Å². The molecule has 0 radical (unpaired) electrons. The average Bonchev–Trinajstić information content (AvgIpc) is 2.27. The molecule has 0 spiro atoms. The first-order valence-electron chi connectivity index (χ1n) is 6.31. The predicted octanol–water partition coefficient (Wildman–Crippen LogP) is 4.81. The summed E-state index contributed by atoms with van der Waals surface area (Å²) in [5.41, 5.74) is 4.80. The highest BCUT2D eigenvalue weighted by atomic mass is 35.5. The summed E-state index contributed by atoms with van der Waals surface area (Å²) in [6, 6.07) is 0. The van der Waals surface area contributed by atoms with Gasteiger partial charge in [-0.25, -0.2) is 0 Å². The second-order valence-corrected chi connectivity index (χ2v) is 11.5. The highest BCUT2D eigenvalue weighted by Gasteiger charge is 2.41. The summed E-state index contributed by atoms with van der Waals surface area (Å²) in [5.74, 6) is 0. The third-order valence-electron chi connectivity index (χ3n) is 3.55. The molecule has 1 aliphatic carbocycles. The van der Waals surface area contributed by atoms with Gasteiger partial charge in [0.1, 0.15) is 8.24 Å². The lowest BCUT2D eigenvalue weighted by Crippen LogP contribution is -2.57. The minimum atomic E-state index is -1.57. The number of allylic oxidation sites excluding steroid dienone is 4. The number of rotatable bonds is 2. The van der Waals surface area contributed by atoms with Crippen molar-refractivity contribution < 1.29 is 0 Å². The summed E-state index contributed by atoms with van der Waals surface area (Å²) in [7, 11) is -1.57. The first-order chi connectivity index (χ1) is 7.47. The summed E-state index contributed by atoms with van der Waals surface area (Å²) < 4.78 is 0. The second kappa shape index (κ2) is 4.56. The van der Waals surface area contributed by atoms with E-state index in [2.05, 4.69) is 59.6 Å².